The molecule has 0 aliphatic heterocycles. The lowest BCUT2D eigenvalue weighted by Gasteiger charge is -2.01. The number of carbonyl (C=O) groups is 2. The van der Waals surface area contributed by atoms with Gasteiger partial charge in [0.25, 0.3) is 0 Å². The Balaban J connectivity index is 2.04. The first-order valence-electron chi connectivity index (χ1n) is 6.13. The number of hydrogen-bond acceptors (Lipinski definition) is 3. The number of aromatic nitrogens is 2. The first-order chi connectivity index (χ1) is 9.54. The smallest absolute Gasteiger partial charge is 0.221 e. The maximum absolute atomic E-state index is 11.8. The summed E-state index contributed by atoms with van der Waals surface area (Å²) in [5.74, 6) is -0.205. The summed E-state index contributed by atoms with van der Waals surface area (Å²) in [5.41, 5.74) is 2.17. The molecule has 1 aromatic carbocycles. The first-order valence-corrected chi connectivity index (χ1v) is 6.13. The molecular weight excluding hydrogens is 254 g/mol. The highest BCUT2D eigenvalue weighted by Crippen LogP contribution is 2.11. The van der Waals surface area contributed by atoms with E-state index in [1.807, 2.05) is 12.1 Å². The monoisotopic (exact) mass is 269 g/mol. The molecule has 1 aromatic heterocycles. The van der Waals surface area contributed by atoms with E-state index in [1.165, 1.54) is 19.2 Å². The molecule has 1 heterocycles. The quantitative estimate of drug-likeness (QED) is 0.684. The van der Waals surface area contributed by atoms with Crippen LogP contribution in [0.25, 0.3) is 6.08 Å². The summed E-state index contributed by atoms with van der Waals surface area (Å²) in [5, 5.41) is 6.64. The van der Waals surface area contributed by atoms with Crippen molar-refractivity contribution in [3.05, 3.63) is 53.9 Å². The zero-order valence-corrected chi connectivity index (χ0v) is 11.3. The molecule has 102 valence electrons. The predicted octanol–water partition coefficient (Wildman–Crippen LogP) is 2.27. The molecule has 0 atom stereocenters. The lowest BCUT2D eigenvalue weighted by Crippen LogP contribution is -2.05. The van der Waals surface area contributed by atoms with E-state index in [-0.39, 0.29) is 11.7 Å². The Morgan fingerprint density at radius 2 is 1.95 bits per heavy atom. The van der Waals surface area contributed by atoms with Crippen molar-refractivity contribution >= 4 is 23.5 Å². The van der Waals surface area contributed by atoms with Gasteiger partial charge < -0.3 is 5.32 Å². The number of benzene rings is 1. The van der Waals surface area contributed by atoms with Gasteiger partial charge in [-0.25, -0.2) is 0 Å². The van der Waals surface area contributed by atoms with E-state index in [0.717, 1.165) is 11.3 Å². The van der Waals surface area contributed by atoms with Crippen LogP contribution in [0, 0.1) is 0 Å². The Labute approximate surface area is 116 Å². The number of hydrogen-bond donors (Lipinski definition) is 1. The van der Waals surface area contributed by atoms with Gasteiger partial charge in [-0.3, -0.25) is 14.3 Å². The third-order valence-electron chi connectivity index (χ3n) is 2.65. The number of rotatable bonds is 4. The largest absolute Gasteiger partial charge is 0.326 e. The first kappa shape index (κ1) is 13.7. The molecule has 0 saturated carbocycles. The molecule has 0 aliphatic carbocycles. The molecule has 1 amide bonds. The summed E-state index contributed by atoms with van der Waals surface area (Å²) in [7, 11) is 1.77. The highest BCUT2D eigenvalue weighted by molar-refractivity contribution is 6.06. The van der Waals surface area contributed by atoms with Crippen LogP contribution < -0.4 is 5.32 Å². The SMILES string of the molecule is CC(=O)Nc1ccc(/C=C/C(=O)c2cnn(C)c2)cc1. The second-order valence-electron chi connectivity index (χ2n) is 4.40. The van der Waals surface area contributed by atoms with Gasteiger partial charge >= 0.3 is 0 Å². The maximum atomic E-state index is 11.8. The van der Waals surface area contributed by atoms with Crippen LogP contribution in [0.2, 0.25) is 0 Å². The van der Waals surface area contributed by atoms with Crippen molar-refractivity contribution in [2.24, 2.45) is 7.05 Å². The van der Waals surface area contributed by atoms with Gasteiger partial charge in [0, 0.05) is 25.9 Å². The maximum Gasteiger partial charge on any atom is 0.221 e. The highest BCUT2D eigenvalue weighted by atomic mass is 16.1. The number of nitrogens with zero attached hydrogens (tertiary/aromatic N) is 2. The Hall–Kier alpha value is -2.69. The normalized spacial score (nSPS) is 10.7. The predicted molar refractivity (Wildman–Crippen MR) is 77.3 cm³/mol. The van der Waals surface area contributed by atoms with Crippen molar-refractivity contribution in [1.82, 2.24) is 9.78 Å². The lowest BCUT2D eigenvalue weighted by atomic mass is 10.1. The van der Waals surface area contributed by atoms with Gasteiger partial charge in [0.2, 0.25) is 5.91 Å². The van der Waals surface area contributed by atoms with Crippen LogP contribution in [-0.4, -0.2) is 21.5 Å². The molecule has 0 saturated heterocycles. The van der Waals surface area contributed by atoms with Gasteiger partial charge in [-0.15, -0.1) is 0 Å². The van der Waals surface area contributed by atoms with Crippen molar-refractivity contribution in [3.63, 3.8) is 0 Å². The molecule has 2 aromatic rings. The van der Waals surface area contributed by atoms with E-state index in [4.69, 9.17) is 0 Å². The minimum absolute atomic E-state index is 0.0935. The molecule has 0 spiro atoms. The standard InChI is InChI=1S/C15H15N3O2/c1-11(19)17-14-6-3-12(4-7-14)5-8-15(20)13-9-16-18(2)10-13/h3-10H,1-2H3,(H,17,19)/b8-5+. The summed E-state index contributed by atoms with van der Waals surface area (Å²) in [6.45, 7) is 1.46. The second-order valence-corrected chi connectivity index (χ2v) is 4.40. The van der Waals surface area contributed by atoms with Gasteiger partial charge in [-0.05, 0) is 23.8 Å². The average Bonchev–Trinajstić information content (AvgIpc) is 2.84. The Bertz CT molecular complexity index is 654. The van der Waals surface area contributed by atoms with Gasteiger partial charge in [0.15, 0.2) is 5.78 Å². The fourth-order valence-electron chi connectivity index (χ4n) is 1.70. The zero-order chi connectivity index (χ0) is 14.5. The number of carbonyl (C=O) groups excluding carboxylic acids is 2. The van der Waals surface area contributed by atoms with Crippen LogP contribution in [0.4, 0.5) is 5.69 Å². The number of ketones is 1. The molecule has 0 bridgehead atoms. The molecule has 2 rings (SSSR count). The van der Waals surface area contributed by atoms with Crippen LogP contribution in [0.1, 0.15) is 22.8 Å². The van der Waals surface area contributed by atoms with Gasteiger partial charge in [0.05, 0.1) is 11.8 Å². The molecule has 0 unspecified atom stereocenters. The molecule has 5 heteroatoms. The van der Waals surface area contributed by atoms with Crippen molar-refractivity contribution in [2.75, 3.05) is 5.32 Å². The van der Waals surface area contributed by atoms with Crippen molar-refractivity contribution in [2.45, 2.75) is 6.92 Å². The van der Waals surface area contributed by atoms with Crippen molar-refractivity contribution in [3.8, 4) is 0 Å². The number of allylic oxidation sites excluding steroid dienone is 1. The lowest BCUT2D eigenvalue weighted by molar-refractivity contribution is -0.114. The Kier molecular flexibility index (Phi) is 4.10. The van der Waals surface area contributed by atoms with E-state index >= 15 is 0 Å². The van der Waals surface area contributed by atoms with Crippen LogP contribution in [0.15, 0.2) is 42.7 Å². The van der Waals surface area contributed by atoms with Gasteiger partial charge in [-0.1, -0.05) is 18.2 Å². The second kappa shape index (κ2) is 5.97. The van der Waals surface area contributed by atoms with E-state index < -0.39 is 0 Å². The fourth-order valence-corrected chi connectivity index (χ4v) is 1.70. The zero-order valence-electron chi connectivity index (χ0n) is 11.3. The Morgan fingerprint density at radius 1 is 1.25 bits per heavy atom. The van der Waals surface area contributed by atoms with E-state index in [9.17, 15) is 9.59 Å². The number of amides is 1. The molecule has 20 heavy (non-hydrogen) atoms. The summed E-state index contributed by atoms with van der Waals surface area (Å²) in [6.07, 6.45) is 6.44. The highest BCUT2D eigenvalue weighted by Gasteiger charge is 2.03. The van der Waals surface area contributed by atoms with Crippen molar-refractivity contribution in [1.29, 1.82) is 0 Å². The molecule has 0 aliphatic rings. The molecular formula is C15H15N3O2. The van der Waals surface area contributed by atoms with E-state index in [1.54, 1.807) is 36.1 Å². The third kappa shape index (κ3) is 3.65. The Morgan fingerprint density at radius 3 is 2.50 bits per heavy atom. The van der Waals surface area contributed by atoms with Crippen LogP contribution in [0.3, 0.4) is 0 Å². The van der Waals surface area contributed by atoms with Crippen LogP contribution in [0.5, 0.6) is 0 Å². The topological polar surface area (TPSA) is 64.0 Å². The molecule has 5 nitrogen and oxygen atoms in total. The minimum atomic E-state index is -0.111. The average molecular weight is 269 g/mol. The third-order valence-corrected chi connectivity index (χ3v) is 2.65. The summed E-state index contributed by atoms with van der Waals surface area (Å²) in [6, 6.07) is 7.24. The number of aryl methyl sites for hydroxylation is 1. The number of nitrogens with one attached hydrogen (secondary N) is 1. The van der Waals surface area contributed by atoms with Crippen molar-refractivity contribution < 1.29 is 9.59 Å². The van der Waals surface area contributed by atoms with Gasteiger partial charge in [-0.2, -0.15) is 5.10 Å². The molecule has 0 radical (unpaired) electrons. The van der Waals surface area contributed by atoms with Gasteiger partial charge in [0.1, 0.15) is 0 Å². The molecule has 1 N–H and O–H groups in total. The van der Waals surface area contributed by atoms with Crippen LogP contribution >= 0.6 is 0 Å². The fraction of sp³-hybridized carbons (Fsp3) is 0.133. The van der Waals surface area contributed by atoms with E-state index in [2.05, 4.69) is 10.4 Å². The van der Waals surface area contributed by atoms with Crippen LogP contribution in [-0.2, 0) is 11.8 Å². The van der Waals surface area contributed by atoms with E-state index in [0.29, 0.717) is 5.56 Å². The summed E-state index contributed by atoms with van der Waals surface area (Å²) in [4.78, 5) is 22.7. The summed E-state index contributed by atoms with van der Waals surface area (Å²) < 4.78 is 1.59. The minimum Gasteiger partial charge on any atom is -0.326 e. The number of anilines is 1. The summed E-state index contributed by atoms with van der Waals surface area (Å²) >= 11 is 0. The molecule has 0 fully saturated rings.